The number of aromatic nitrogens is 4. The fraction of sp³-hybridized carbons (Fsp3) is 0.222. The van der Waals surface area contributed by atoms with Crippen molar-refractivity contribution in [1.82, 2.24) is 19.7 Å². The molecule has 0 radical (unpaired) electrons. The van der Waals surface area contributed by atoms with Crippen molar-refractivity contribution in [3.63, 3.8) is 0 Å². The summed E-state index contributed by atoms with van der Waals surface area (Å²) in [5.41, 5.74) is 1.70. The molecule has 0 aliphatic carbocycles. The van der Waals surface area contributed by atoms with Gasteiger partial charge in [-0.1, -0.05) is 0 Å². The second-order valence-electron chi connectivity index (χ2n) is 2.88. The molecule has 0 atom stereocenters. The van der Waals surface area contributed by atoms with Crippen molar-refractivity contribution in [3.8, 4) is 5.95 Å². The lowest BCUT2D eigenvalue weighted by Crippen LogP contribution is -2.04. The molecular formula is C9H9ClN4. The molecule has 0 N–H and O–H groups in total. The molecular weight excluding hydrogens is 200 g/mol. The third kappa shape index (κ3) is 1.75. The van der Waals surface area contributed by atoms with Crippen molar-refractivity contribution >= 4 is 11.6 Å². The van der Waals surface area contributed by atoms with Gasteiger partial charge in [-0.3, -0.25) is 0 Å². The van der Waals surface area contributed by atoms with Crippen LogP contribution in [0.4, 0.5) is 0 Å². The van der Waals surface area contributed by atoms with Gasteiger partial charge in [-0.05, 0) is 19.1 Å². The molecule has 2 aromatic heterocycles. The maximum atomic E-state index is 5.71. The predicted molar refractivity (Wildman–Crippen MR) is 53.4 cm³/mol. The zero-order valence-electron chi connectivity index (χ0n) is 7.68. The number of alkyl halides is 1. The van der Waals surface area contributed by atoms with Crippen LogP contribution in [0.15, 0.2) is 24.5 Å². The van der Waals surface area contributed by atoms with E-state index in [1.54, 1.807) is 17.1 Å². The second kappa shape index (κ2) is 3.75. The van der Waals surface area contributed by atoms with Crippen LogP contribution in [0.5, 0.6) is 0 Å². The van der Waals surface area contributed by atoms with Crippen molar-refractivity contribution in [3.05, 3.63) is 35.9 Å². The van der Waals surface area contributed by atoms with E-state index in [9.17, 15) is 0 Å². The molecule has 4 nitrogen and oxygen atoms in total. The zero-order valence-corrected chi connectivity index (χ0v) is 8.44. The lowest BCUT2D eigenvalue weighted by molar-refractivity contribution is 0.792. The number of hydrogen-bond acceptors (Lipinski definition) is 3. The highest BCUT2D eigenvalue weighted by Gasteiger charge is 2.03. The Morgan fingerprint density at radius 3 is 2.93 bits per heavy atom. The Bertz CT molecular complexity index is 424. The van der Waals surface area contributed by atoms with Crippen LogP contribution in [0, 0.1) is 6.92 Å². The summed E-state index contributed by atoms with van der Waals surface area (Å²) < 4.78 is 1.61. The Balaban J connectivity index is 2.48. The Morgan fingerprint density at radius 2 is 2.29 bits per heavy atom. The second-order valence-corrected chi connectivity index (χ2v) is 3.15. The number of halogens is 1. The highest BCUT2D eigenvalue weighted by molar-refractivity contribution is 6.16. The van der Waals surface area contributed by atoms with Gasteiger partial charge in [0.2, 0.25) is 0 Å². The highest BCUT2D eigenvalue weighted by Crippen LogP contribution is 2.06. The summed E-state index contributed by atoms with van der Waals surface area (Å²) in [5, 5.41) is 4.05. The Hall–Kier alpha value is -1.42. The molecule has 0 aliphatic rings. The Labute approximate surface area is 86.6 Å². The van der Waals surface area contributed by atoms with Crippen molar-refractivity contribution in [2.75, 3.05) is 0 Å². The Morgan fingerprint density at radius 1 is 1.43 bits per heavy atom. The molecule has 2 rings (SSSR count). The van der Waals surface area contributed by atoms with Crippen molar-refractivity contribution in [1.29, 1.82) is 0 Å². The van der Waals surface area contributed by atoms with Gasteiger partial charge in [0, 0.05) is 18.1 Å². The van der Waals surface area contributed by atoms with Crippen LogP contribution < -0.4 is 0 Å². The van der Waals surface area contributed by atoms with Crippen LogP contribution in [0.1, 0.15) is 11.4 Å². The first-order valence-electron chi connectivity index (χ1n) is 4.20. The van der Waals surface area contributed by atoms with Gasteiger partial charge < -0.3 is 0 Å². The quantitative estimate of drug-likeness (QED) is 0.706. The summed E-state index contributed by atoms with van der Waals surface area (Å²) in [6.07, 6.45) is 3.48. The van der Waals surface area contributed by atoms with Gasteiger partial charge in [0.05, 0.1) is 11.6 Å². The summed E-state index contributed by atoms with van der Waals surface area (Å²) in [5.74, 6) is 0.947. The predicted octanol–water partition coefficient (Wildman–Crippen LogP) is 1.71. The molecule has 0 bridgehead atoms. The maximum Gasteiger partial charge on any atom is 0.250 e. The molecule has 14 heavy (non-hydrogen) atoms. The number of aryl methyl sites for hydroxylation is 1. The molecule has 72 valence electrons. The van der Waals surface area contributed by atoms with Crippen molar-refractivity contribution in [2.45, 2.75) is 12.8 Å². The first kappa shape index (κ1) is 9.15. The van der Waals surface area contributed by atoms with Gasteiger partial charge in [0.1, 0.15) is 0 Å². The average Bonchev–Trinajstić information content (AvgIpc) is 2.69. The van der Waals surface area contributed by atoms with E-state index in [1.807, 2.05) is 19.1 Å². The van der Waals surface area contributed by atoms with Crippen LogP contribution >= 0.6 is 11.6 Å². The molecule has 5 heteroatoms. The molecule has 0 amide bonds. The topological polar surface area (TPSA) is 43.6 Å². The molecule has 0 fully saturated rings. The highest BCUT2D eigenvalue weighted by atomic mass is 35.5. The third-order valence-electron chi connectivity index (χ3n) is 1.74. The molecule has 0 unspecified atom stereocenters. The maximum absolute atomic E-state index is 5.71. The first-order valence-corrected chi connectivity index (χ1v) is 4.73. The summed E-state index contributed by atoms with van der Waals surface area (Å²) in [7, 11) is 0. The molecule has 2 heterocycles. The van der Waals surface area contributed by atoms with Crippen molar-refractivity contribution in [2.24, 2.45) is 0 Å². The third-order valence-corrected chi connectivity index (χ3v) is 2.02. The molecule has 2 aromatic rings. The van der Waals surface area contributed by atoms with E-state index in [4.69, 9.17) is 11.6 Å². The van der Waals surface area contributed by atoms with E-state index < -0.39 is 0 Å². The van der Waals surface area contributed by atoms with E-state index >= 15 is 0 Å². The van der Waals surface area contributed by atoms with Gasteiger partial charge in [0.25, 0.3) is 5.95 Å². The normalized spacial score (nSPS) is 10.4. The van der Waals surface area contributed by atoms with Crippen LogP contribution in [0.2, 0.25) is 0 Å². The van der Waals surface area contributed by atoms with Crippen LogP contribution in [-0.4, -0.2) is 19.7 Å². The van der Waals surface area contributed by atoms with E-state index in [2.05, 4.69) is 15.1 Å². The zero-order chi connectivity index (χ0) is 9.97. The van der Waals surface area contributed by atoms with Gasteiger partial charge in [-0.2, -0.15) is 5.10 Å². The van der Waals surface area contributed by atoms with E-state index in [1.165, 1.54) is 0 Å². The lowest BCUT2D eigenvalue weighted by Gasteiger charge is -2.02. The van der Waals surface area contributed by atoms with Crippen LogP contribution in [0.3, 0.4) is 0 Å². The van der Waals surface area contributed by atoms with Gasteiger partial charge >= 0.3 is 0 Å². The van der Waals surface area contributed by atoms with E-state index in [0.29, 0.717) is 11.8 Å². The van der Waals surface area contributed by atoms with Crippen LogP contribution in [0.25, 0.3) is 5.95 Å². The fourth-order valence-electron chi connectivity index (χ4n) is 1.17. The molecule has 0 spiro atoms. The van der Waals surface area contributed by atoms with Gasteiger partial charge in [0.15, 0.2) is 0 Å². The minimum Gasteiger partial charge on any atom is -0.216 e. The standard InChI is InChI=1S/C9H9ClN4/c1-7-5-8(6-10)13-9(12-7)14-4-2-3-11-14/h2-5H,6H2,1H3. The number of hydrogen-bond donors (Lipinski definition) is 0. The van der Waals surface area contributed by atoms with Crippen LogP contribution in [-0.2, 0) is 5.88 Å². The molecule has 0 aromatic carbocycles. The summed E-state index contributed by atoms with van der Waals surface area (Å²) in [6, 6.07) is 3.69. The average molecular weight is 209 g/mol. The smallest absolute Gasteiger partial charge is 0.216 e. The van der Waals surface area contributed by atoms with E-state index in [0.717, 1.165) is 11.4 Å². The summed E-state index contributed by atoms with van der Waals surface area (Å²) in [6.45, 7) is 1.91. The molecule has 0 aliphatic heterocycles. The molecule has 0 saturated carbocycles. The summed E-state index contributed by atoms with van der Waals surface area (Å²) >= 11 is 5.71. The molecule has 0 saturated heterocycles. The van der Waals surface area contributed by atoms with Gasteiger partial charge in [-0.25, -0.2) is 14.6 Å². The first-order chi connectivity index (χ1) is 6.79. The van der Waals surface area contributed by atoms with E-state index in [-0.39, 0.29) is 0 Å². The fourth-order valence-corrected chi connectivity index (χ4v) is 1.31. The number of nitrogens with zero attached hydrogens (tertiary/aromatic N) is 4. The largest absolute Gasteiger partial charge is 0.250 e. The minimum atomic E-state index is 0.387. The minimum absolute atomic E-state index is 0.387. The van der Waals surface area contributed by atoms with Crippen molar-refractivity contribution < 1.29 is 0 Å². The lowest BCUT2D eigenvalue weighted by atomic mass is 10.3. The summed E-state index contributed by atoms with van der Waals surface area (Å²) in [4.78, 5) is 8.51. The SMILES string of the molecule is Cc1cc(CCl)nc(-n2cccn2)n1. The monoisotopic (exact) mass is 208 g/mol. The number of rotatable bonds is 2. The Kier molecular flexibility index (Phi) is 2.45. The van der Waals surface area contributed by atoms with Gasteiger partial charge in [-0.15, -0.1) is 11.6 Å².